The summed E-state index contributed by atoms with van der Waals surface area (Å²) in [6, 6.07) is 8.40. The summed E-state index contributed by atoms with van der Waals surface area (Å²) in [6.07, 6.45) is 4.15. The van der Waals surface area contributed by atoms with E-state index in [-0.39, 0.29) is 39.8 Å². The smallest absolute Gasteiger partial charge is 0.309 e. The van der Waals surface area contributed by atoms with Gasteiger partial charge >= 0.3 is 5.97 Å². The number of amides is 1. The van der Waals surface area contributed by atoms with Crippen molar-refractivity contribution in [1.82, 2.24) is 4.90 Å². The van der Waals surface area contributed by atoms with Crippen LogP contribution in [0.5, 0.6) is 0 Å². The SMILES string of the molecule is CC(C)(C)C1CCOC1=O.CC(C)(C)C1CCS(=O)(=O)C1.CC(C)(C)C1c2ccccc2CC1O.CC(C)(C)N1CCCC1=O. The minimum Gasteiger partial charge on any atom is -0.465 e. The van der Waals surface area contributed by atoms with Crippen LogP contribution in [-0.2, 0) is 30.6 Å². The molecule has 0 bridgehead atoms. The number of rotatable bonds is 0. The number of likely N-dealkylation sites (tertiary alicyclic amines) is 1. The van der Waals surface area contributed by atoms with Crippen molar-refractivity contribution in [2.45, 2.75) is 133 Å². The van der Waals surface area contributed by atoms with Crippen LogP contribution in [0.1, 0.15) is 126 Å². The number of hydrogen-bond donors (Lipinski definition) is 1. The summed E-state index contributed by atoms with van der Waals surface area (Å²) in [5, 5.41) is 10.0. The highest BCUT2D eigenvalue weighted by molar-refractivity contribution is 7.91. The van der Waals surface area contributed by atoms with Crippen molar-refractivity contribution in [2.24, 2.45) is 28.1 Å². The van der Waals surface area contributed by atoms with Crippen molar-refractivity contribution in [2.75, 3.05) is 24.7 Å². The van der Waals surface area contributed by atoms with E-state index in [1.54, 1.807) is 0 Å². The van der Waals surface area contributed by atoms with Gasteiger partial charge in [0.05, 0.1) is 30.1 Å². The number of aliphatic hydroxyl groups excluding tert-OH is 1. The Hall–Kier alpha value is -1.93. The second-order valence-electron chi connectivity index (χ2n) is 17.5. The van der Waals surface area contributed by atoms with E-state index in [0.29, 0.717) is 35.9 Å². The molecule has 7 nitrogen and oxygen atoms in total. The van der Waals surface area contributed by atoms with Gasteiger partial charge in [-0.05, 0) is 79.7 Å². The van der Waals surface area contributed by atoms with E-state index in [9.17, 15) is 23.1 Å². The lowest BCUT2D eigenvalue weighted by molar-refractivity contribution is -0.143. The van der Waals surface area contributed by atoms with Crippen LogP contribution in [0.3, 0.4) is 0 Å². The molecule has 5 rings (SSSR count). The van der Waals surface area contributed by atoms with Crippen molar-refractivity contribution in [3.8, 4) is 0 Å². The summed E-state index contributed by atoms with van der Waals surface area (Å²) in [7, 11) is -2.68. The van der Waals surface area contributed by atoms with Gasteiger partial charge in [0.25, 0.3) is 0 Å². The van der Waals surface area contributed by atoms with Crippen LogP contribution >= 0.6 is 0 Å². The first-order valence-corrected chi connectivity index (χ1v) is 18.6. The molecule has 4 aliphatic rings. The monoisotopic (exact) mass is 649 g/mol. The molecule has 0 radical (unpaired) electrons. The predicted molar refractivity (Wildman–Crippen MR) is 184 cm³/mol. The molecule has 3 heterocycles. The molecule has 4 atom stereocenters. The van der Waals surface area contributed by atoms with Gasteiger partial charge in [-0.1, -0.05) is 86.6 Å². The largest absolute Gasteiger partial charge is 0.465 e. The zero-order valence-corrected chi connectivity index (χ0v) is 31.1. The summed E-state index contributed by atoms with van der Waals surface area (Å²) >= 11 is 0. The van der Waals surface area contributed by atoms with Crippen LogP contribution in [0.2, 0.25) is 0 Å². The number of sulfone groups is 1. The maximum Gasteiger partial charge on any atom is 0.309 e. The summed E-state index contributed by atoms with van der Waals surface area (Å²) in [6.45, 7) is 26.9. The lowest BCUT2D eigenvalue weighted by Crippen LogP contribution is -2.41. The lowest BCUT2D eigenvalue weighted by Gasteiger charge is -2.31. The topological polar surface area (TPSA) is 101 Å². The average Bonchev–Trinajstić information content (AvgIpc) is 3.64. The highest BCUT2D eigenvalue weighted by Gasteiger charge is 2.39. The second-order valence-corrected chi connectivity index (χ2v) is 19.7. The van der Waals surface area contributed by atoms with Gasteiger partial charge in [0, 0.05) is 24.4 Å². The number of benzene rings is 1. The zero-order valence-electron chi connectivity index (χ0n) is 30.3. The van der Waals surface area contributed by atoms with E-state index >= 15 is 0 Å². The van der Waals surface area contributed by atoms with Crippen LogP contribution < -0.4 is 0 Å². The molecule has 0 saturated carbocycles. The Bertz CT molecular complexity index is 1210. The Morgan fingerprint density at radius 1 is 0.844 bits per heavy atom. The van der Waals surface area contributed by atoms with Crippen molar-refractivity contribution < 1.29 is 27.9 Å². The van der Waals surface area contributed by atoms with Crippen molar-refractivity contribution in [3.05, 3.63) is 35.4 Å². The molecule has 1 amide bonds. The Morgan fingerprint density at radius 3 is 1.78 bits per heavy atom. The molecule has 4 unspecified atom stereocenters. The maximum absolute atomic E-state index is 11.1. The molecule has 3 fully saturated rings. The van der Waals surface area contributed by atoms with Crippen LogP contribution in [-0.4, -0.2) is 66.6 Å². The number of carbonyl (C=O) groups is 2. The number of hydrogen-bond acceptors (Lipinski definition) is 6. The van der Waals surface area contributed by atoms with Crippen molar-refractivity contribution in [3.63, 3.8) is 0 Å². The van der Waals surface area contributed by atoms with E-state index in [4.69, 9.17) is 4.74 Å². The summed E-state index contributed by atoms with van der Waals surface area (Å²) < 4.78 is 27.0. The first-order chi connectivity index (χ1) is 20.3. The Kier molecular flexibility index (Phi) is 13.0. The van der Waals surface area contributed by atoms with Gasteiger partial charge in [-0.3, -0.25) is 9.59 Å². The molecule has 3 aliphatic heterocycles. The summed E-state index contributed by atoms with van der Waals surface area (Å²) in [4.78, 5) is 24.1. The fourth-order valence-electron chi connectivity index (χ4n) is 6.74. The molecule has 1 N–H and O–H groups in total. The molecule has 8 heteroatoms. The fourth-order valence-corrected chi connectivity index (χ4v) is 8.83. The van der Waals surface area contributed by atoms with E-state index in [0.717, 1.165) is 38.6 Å². The fraction of sp³-hybridized carbons (Fsp3) is 0.784. The molecule has 1 aliphatic carbocycles. The first-order valence-electron chi connectivity index (χ1n) is 16.8. The average molecular weight is 650 g/mol. The van der Waals surface area contributed by atoms with E-state index < -0.39 is 9.84 Å². The zero-order chi connectivity index (χ0) is 34.6. The third-order valence-corrected chi connectivity index (χ3v) is 11.2. The van der Waals surface area contributed by atoms with Crippen molar-refractivity contribution in [1.29, 1.82) is 0 Å². The molecule has 0 spiro atoms. The second kappa shape index (κ2) is 14.9. The number of cyclic esters (lactones) is 1. The third-order valence-electron chi connectivity index (χ3n) is 9.46. The van der Waals surface area contributed by atoms with E-state index in [1.165, 1.54) is 11.1 Å². The Morgan fingerprint density at radius 2 is 1.44 bits per heavy atom. The number of ether oxygens (including phenoxy) is 1. The molecule has 258 valence electrons. The quantitative estimate of drug-likeness (QED) is 0.298. The lowest BCUT2D eigenvalue weighted by atomic mass is 9.76. The number of esters is 1. The number of aliphatic hydroxyl groups is 1. The third kappa shape index (κ3) is 11.7. The Labute approximate surface area is 274 Å². The molecule has 45 heavy (non-hydrogen) atoms. The molecule has 1 aromatic carbocycles. The van der Waals surface area contributed by atoms with Gasteiger partial charge in [0.2, 0.25) is 5.91 Å². The number of carbonyl (C=O) groups excluding carboxylic acids is 2. The highest BCUT2D eigenvalue weighted by atomic mass is 32.2. The predicted octanol–water partition coefficient (Wildman–Crippen LogP) is 7.20. The van der Waals surface area contributed by atoms with Gasteiger partial charge in [0.15, 0.2) is 9.84 Å². The van der Waals surface area contributed by atoms with E-state index in [1.807, 2.05) is 4.90 Å². The van der Waals surface area contributed by atoms with Crippen molar-refractivity contribution >= 4 is 21.7 Å². The number of fused-ring (bicyclic) bond motifs is 1. The molecule has 3 saturated heterocycles. The van der Waals surface area contributed by atoms with E-state index in [2.05, 4.69) is 107 Å². The molecular formula is C37H63NO6S. The minimum absolute atomic E-state index is 0.0208. The molecule has 0 aromatic heterocycles. The normalized spacial score (nSPS) is 26.1. The van der Waals surface area contributed by atoms with Crippen LogP contribution in [0.25, 0.3) is 0 Å². The number of nitrogens with zero attached hydrogens (tertiary/aromatic N) is 1. The summed E-state index contributed by atoms with van der Waals surface area (Å²) in [5.41, 5.74) is 3.07. The maximum atomic E-state index is 11.1. The van der Waals surface area contributed by atoms with Gasteiger partial charge in [0.1, 0.15) is 0 Å². The van der Waals surface area contributed by atoms with Gasteiger partial charge in [-0.15, -0.1) is 0 Å². The van der Waals surface area contributed by atoms with Crippen LogP contribution in [0, 0.1) is 28.1 Å². The first kappa shape index (κ1) is 39.2. The molecular weight excluding hydrogens is 586 g/mol. The Balaban J connectivity index is 0.000000211. The van der Waals surface area contributed by atoms with Gasteiger partial charge in [-0.2, -0.15) is 0 Å². The van der Waals surface area contributed by atoms with Crippen LogP contribution in [0.4, 0.5) is 0 Å². The van der Waals surface area contributed by atoms with Crippen LogP contribution in [0.15, 0.2) is 24.3 Å². The molecule has 1 aromatic rings. The standard InChI is InChI=1S/C13H18O.C8H15NO.C8H16O2S.C8H14O2/c1-13(2,3)12-10-7-5-4-6-9(10)8-11(12)14;1-8(2,3)9-6-4-5-7(9)10;1-8(2,3)7-4-5-11(9,10)6-7;1-8(2,3)6-4-5-10-7(6)9/h4-7,11-12,14H,8H2,1-3H3;4-6H2,1-3H3;7H,4-6H2,1-3H3;6H,4-5H2,1-3H3. The van der Waals surface area contributed by atoms with Gasteiger partial charge in [-0.25, -0.2) is 8.42 Å². The minimum atomic E-state index is -2.68. The highest BCUT2D eigenvalue weighted by Crippen LogP contribution is 2.44. The van der Waals surface area contributed by atoms with Gasteiger partial charge < -0.3 is 14.7 Å². The summed E-state index contributed by atoms with van der Waals surface area (Å²) in [5.74, 6) is 1.87.